The first-order chi connectivity index (χ1) is 13.9. The lowest BCUT2D eigenvalue weighted by Gasteiger charge is -2.36. The van der Waals surface area contributed by atoms with Gasteiger partial charge in [0.15, 0.2) is 0 Å². The Morgan fingerprint density at radius 3 is 2.55 bits per heavy atom. The molecule has 0 bridgehead atoms. The number of thiophene rings is 1. The van der Waals surface area contributed by atoms with E-state index in [-0.39, 0.29) is 11.9 Å². The van der Waals surface area contributed by atoms with Crippen molar-refractivity contribution in [2.24, 2.45) is 7.05 Å². The van der Waals surface area contributed by atoms with Crippen LogP contribution in [-0.4, -0.2) is 44.7 Å². The van der Waals surface area contributed by atoms with Crippen LogP contribution in [0.5, 0.6) is 0 Å². The third-order valence-corrected chi connectivity index (χ3v) is 7.11. The molecular weight excluding hydrogens is 382 g/mol. The number of nitrogens with zero attached hydrogens (tertiary/aromatic N) is 4. The predicted octanol–water partition coefficient (Wildman–Crippen LogP) is 4.11. The zero-order valence-electron chi connectivity index (χ0n) is 17.6. The Balaban J connectivity index is 1.38. The van der Waals surface area contributed by atoms with E-state index in [4.69, 9.17) is 0 Å². The van der Waals surface area contributed by atoms with E-state index in [0.717, 1.165) is 46.7 Å². The lowest BCUT2D eigenvalue weighted by Crippen LogP contribution is -2.45. The van der Waals surface area contributed by atoms with Crippen molar-refractivity contribution in [2.75, 3.05) is 13.1 Å². The second-order valence-corrected chi connectivity index (χ2v) is 9.26. The maximum Gasteiger partial charge on any atom is 0.261 e. The number of aromatic nitrogens is 3. The Labute approximate surface area is 175 Å². The molecule has 1 fully saturated rings. The highest BCUT2D eigenvalue weighted by Gasteiger charge is 2.26. The van der Waals surface area contributed by atoms with Gasteiger partial charge < -0.3 is 5.32 Å². The van der Waals surface area contributed by atoms with Crippen molar-refractivity contribution in [1.82, 2.24) is 25.0 Å². The number of hydrogen-bond acceptors (Lipinski definition) is 5. The standard InChI is InChI=1S/C22H29N5OS/c1-14(2)20-18-13-19(29-22(18)26(4)25-20)21(28)24-17-7-11-27(12-8-17)15(3)16-5-9-23-10-6-16/h5-6,9-10,13-15,17H,7-8,11-12H2,1-4H3,(H,24,28). The first-order valence-electron chi connectivity index (χ1n) is 10.3. The van der Waals surface area contributed by atoms with Crippen molar-refractivity contribution in [3.8, 4) is 0 Å². The van der Waals surface area contributed by atoms with Crippen LogP contribution in [0.2, 0.25) is 0 Å². The summed E-state index contributed by atoms with van der Waals surface area (Å²) in [5.41, 5.74) is 2.36. The highest BCUT2D eigenvalue weighted by atomic mass is 32.1. The third kappa shape index (κ3) is 4.07. The molecule has 154 valence electrons. The number of likely N-dealkylation sites (tertiary alicyclic amines) is 1. The number of amides is 1. The number of nitrogens with one attached hydrogen (secondary N) is 1. The van der Waals surface area contributed by atoms with Gasteiger partial charge in [0.05, 0.1) is 10.6 Å². The molecule has 3 aromatic heterocycles. The summed E-state index contributed by atoms with van der Waals surface area (Å²) in [6.45, 7) is 8.50. The third-order valence-electron chi connectivity index (χ3n) is 5.91. The highest BCUT2D eigenvalue weighted by Crippen LogP contribution is 2.32. The minimum Gasteiger partial charge on any atom is -0.349 e. The molecule has 1 aliphatic rings. The van der Waals surface area contributed by atoms with Crippen LogP contribution in [0, 0.1) is 0 Å². The van der Waals surface area contributed by atoms with Gasteiger partial charge in [0.25, 0.3) is 5.91 Å². The van der Waals surface area contributed by atoms with Gasteiger partial charge in [-0.3, -0.25) is 19.4 Å². The van der Waals surface area contributed by atoms with Gasteiger partial charge >= 0.3 is 0 Å². The fourth-order valence-corrected chi connectivity index (χ4v) is 5.13. The van der Waals surface area contributed by atoms with Crippen LogP contribution in [0.1, 0.15) is 66.5 Å². The van der Waals surface area contributed by atoms with Crippen LogP contribution in [-0.2, 0) is 7.05 Å². The van der Waals surface area contributed by atoms with Crippen LogP contribution >= 0.6 is 11.3 Å². The summed E-state index contributed by atoms with van der Waals surface area (Å²) in [4.78, 5) is 21.3. The lowest BCUT2D eigenvalue weighted by atomic mass is 10.0. The number of aryl methyl sites for hydroxylation is 1. The quantitative estimate of drug-likeness (QED) is 0.686. The first kappa shape index (κ1) is 20.0. The monoisotopic (exact) mass is 411 g/mol. The maximum absolute atomic E-state index is 12.9. The molecular formula is C22H29N5OS. The predicted molar refractivity (Wildman–Crippen MR) is 117 cm³/mol. The van der Waals surface area contributed by atoms with Crippen LogP contribution in [0.4, 0.5) is 0 Å². The van der Waals surface area contributed by atoms with E-state index >= 15 is 0 Å². The SMILES string of the molecule is CC(C)c1nn(C)c2sc(C(=O)NC3CCN(C(C)c4ccncc4)CC3)cc12. The smallest absolute Gasteiger partial charge is 0.261 e. The van der Waals surface area contributed by atoms with E-state index in [0.29, 0.717) is 12.0 Å². The van der Waals surface area contributed by atoms with E-state index < -0.39 is 0 Å². The minimum absolute atomic E-state index is 0.0431. The topological polar surface area (TPSA) is 63.1 Å². The van der Waals surface area contributed by atoms with Crippen molar-refractivity contribution in [2.45, 2.75) is 51.6 Å². The molecule has 1 unspecified atom stereocenters. The molecule has 1 amide bonds. The van der Waals surface area contributed by atoms with Gasteiger partial charge in [-0.25, -0.2) is 0 Å². The fraction of sp³-hybridized carbons (Fsp3) is 0.500. The molecule has 1 saturated heterocycles. The Bertz CT molecular complexity index is 985. The van der Waals surface area contributed by atoms with Crippen LogP contribution < -0.4 is 5.32 Å². The van der Waals surface area contributed by atoms with Crippen molar-refractivity contribution in [3.05, 3.63) is 46.7 Å². The molecule has 7 heteroatoms. The number of piperidine rings is 1. The van der Waals surface area contributed by atoms with E-state index in [9.17, 15) is 4.79 Å². The maximum atomic E-state index is 12.9. The Morgan fingerprint density at radius 2 is 1.90 bits per heavy atom. The number of carbonyl (C=O) groups is 1. The van der Waals surface area contributed by atoms with Gasteiger partial charge in [-0.2, -0.15) is 5.10 Å². The summed E-state index contributed by atoms with van der Waals surface area (Å²) in [6, 6.07) is 6.79. The largest absolute Gasteiger partial charge is 0.349 e. The normalized spacial score (nSPS) is 17.1. The zero-order valence-corrected chi connectivity index (χ0v) is 18.4. The van der Waals surface area contributed by atoms with Crippen LogP contribution in [0.15, 0.2) is 30.6 Å². The number of carbonyl (C=O) groups excluding carboxylic acids is 1. The summed E-state index contributed by atoms with van der Waals surface area (Å²) in [7, 11) is 1.95. The molecule has 0 spiro atoms. The van der Waals surface area contributed by atoms with Gasteiger partial charge in [-0.05, 0) is 49.4 Å². The van der Waals surface area contributed by atoms with Gasteiger partial charge in [0, 0.05) is 50.0 Å². The Kier molecular flexibility index (Phi) is 5.69. The molecule has 0 radical (unpaired) electrons. The van der Waals surface area contributed by atoms with Crippen molar-refractivity contribution < 1.29 is 4.79 Å². The number of fused-ring (bicyclic) bond motifs is 1. The van der Waals surface area contributed by atoms with Crippen LogP contribution in [0.25, 0.3) is 10.2 Å². The zero-order chi connectivity index (χ0) is 20.5. The average Bonchev–Trinajstić information content (AvgIpc) is 3.29. The van der Waals surface area contributed by atoms with Gasteiger partial charge in [0.2, 0.25) is 0 Å². The molecule has 0 saturated carbocycles. The van der Waals surface area contributed by atoms with E-state index in [2.05, 4.69) is 53.2 Å². The van der Waals surface area contributed by atoms with E-state index in [1.165, 1.54) is 16.9 Å². The van der Waals surface area contributed by atoms with Crippen molar-refractivity contribution in [1.29, 1.82) is 0 Å². The number of rotatable bonds is 5. The summed E-state index contributed by atoms with van der Waals surface area (Å²) < 4.78 is 1.89. The summed E-state index contributed by atoms with van der Waals surface area (Å²) in [6.07, 6.45) is 5.66. The highest BCUT2D eigenvalue weighted by molar-refractivity contribution is 7.20. The summed E-state index contributed by atoms with van der Waals surface area (Å²) >= 11 is 1.53. The van der Waals surface area contributed by atoms with Crippen molar-refractivity contribution in [3.63, 3.8) is 0 Å². The van der Waals surface area contributed by atoms with E-state index in [1.54, 1.807) is 0 Å². The second-order valence-electron chi connectivity index (χ2n) is 8.23. The van der Waals surface area contributed by atoms with Crippen LogP contribution in [0.3, 0.4) is 0 Å². The molecule has 4 rings (SSSR count). The minimum atomic E-state index is 0.0431. The average molecular weight is 412 g/mol. The summed E-state index contributed by atoms with van der Waals surface area (Å²) in [5.74, 6) is 0.387. The Hall–Kier alpha value is -2.25. The summed E-state index contributed by atoms with van der Waals surface area (Å²) in [5, 5.41) is 8.97. The molecule has 4 heterocycles. The van der Waals surface area contributed by atoms with E-state index in [1.807, 2.05) is 30.2 Å². The van der Waals surface area contributed by atoms with Gasteiger partial charge in [-0.15, -0.1) is 11.3 Å². The molecule has 0 aromatic carbocycles. The fourth-order valence-electron chi connectivity index (χ4n) is 4.14. The lowest BCUT2D eigenvalue weighted by molar-refractivity contribution is 0.0900. The number of hydrogen-bond donors (Lipinski definition) is 1. The van der Waals surface area contributed by atoms with Gasteiger partial charge in [0.1, 0.15) is 4.83 Å². The molecule has 1 atom stereocenters. The molecule has 29 heavy (non-hydrogen) atoms. The van der Waals surface area contributed by atoms with Gasteiger partial charge in [-0.1, -0.05) is 13.8 Å². The molecule has 1 aliphatic heterocycles. The second kappa shape index (κ2) is 8.24. The molecule has 3 aromatic rings. The number of pyridine rings is 1. The molecule has 1 N–H and O–H groups in total. The van der Waals surface area contributed by atoms with Crippen molar-refractivity contribution >= 4 is 27.5 Å². The Morgan fingerprint density at radius 1 is 1.21 bits per heavy atom. The molecule has 0 aliphatic carbocycles. The first-order valence-corrected chi connectivity index (χ1v) is 11.2. The molecule has 6 nitrogen and oxygen atoms in total.